The Bertz CT molecular complexity index is 257. The lowest BCUT2D eigenvalue weighted by Gasteiger charge is -2.01. The standard InChI is InChI=1S/C7H10BrN3O/c8-7-11-10-6(12-7)3-5-1-2-9-4-5/h5,9H,1-4H2. The third-order valence-electron chi connectivity index (χ3n) is 2.07. The van der Waals surface area contributed by atoms with Crippen molar-refractivity contribution in [2.75, 3.05) is 13.1 Å². The van der Waals surface area contributed by atoms with E-state index in [2.05, 4.69) is 31.4 Å². The van der Waals surface area contributed by atoms with E-state index in [9.17, 15) is 0 Å². The molecule has 2 heterocycles. The summed E-state index contributed by atoms with van der Waals surface area (Å²) < 4.78 is 5.21. The van der Waals surface area contributed by atoms with Gasteiger partial charge in [0.05, 0.1) is 0 Å². The summed E-state index contributed by atoms with van der Waals surface area (Å²) in [4.78, 5) is 0.475. The Morgan fingerprint density at radius 2 is 2.50 bits per heavy atom. The molecular weight excluding hydrogens is 222 g/mol. The summed E-state index contributed by atoms with van der Waals surface area (Å²) in [7, 11) is 0. The van der Waals surface area contributed by atoms with Crippen LogP contribution in [0.25, 0.3) is 0 Å². The van der Waals surface area contributed by atoms with Crippen LogP contribution < -0.4 is 5.32 Å². The van der Waals surface area contributed by atoms with E-state index < -0.39 is 0 Å². The number of aromatic nitrogens is 2. The maximum Gasteiger partial charge on any atom is 0.284 e. The fourth-order valence-corrected chi connectivity index (χ4v) is 1.72. The van der Waals surface area contributed by atoms with Gasteiger partial charge in [0.1, 0.15) is 0 Å². The predicted molar refractivity (Wildman–Crippen MR) is 46.7 cm³/mol. The molecule has 5 heteroatoms. The van der Waals surface area contributed by atoms with Gasteiger partial charge in [-0.25, -0.2) is 0 Å². The van der Waals surface area contributed by atoms with Gasteiger partial charge in [0, 0.05) is 22.4 Å². The van der Waals surface area contributed by atoms with E-state index in [1.54, 1.807) is 0 Å². The molecule has 0 radical (unpaired) electrons. The summed E-state index contributed by atoms with van der Waals surface area (Å²) in [6, 6.07) is 0. The van der Waals surface area contributed by atoms with E-state index in [1.807, 2.05) is 0 Å². The third kappa shape index (κ3) is 1.84. The van der Waals surface area contributed by atoms with Crippen molar-refractivity contribution in [3.05, 3.63) is 10.7 Å². The molecule has 1 unspecified atom stereocenters. The van der Waals surface area contributed by atoms with Crippen LogP contribution in [0.5, 0.6) is 0 Å². The van der Waals surface area contributed by atoms with Crippen molar-refractivity contribution in [1.82, 2.24) is 15.5 Å². The van der Waals surface area contributed by atoms with Gasteiger partial charge in [-0.2, -0.15) is 0 Å². The second-order valence-electron chi connectivity index (χ2n) is 3.01. The van der Waals surface area contributed by atoms with Crippen molar-refractivity contribution in [2.24, 2.45) is 5.92 Å². The van der Waals surface area contributed by atoms with Gasteiger partial charge in [0.2, 0.25) is 5.89 Å². The highest BCUT2D eigenvalue weighted by molar-refractivity contribution is 9.10. The number of halogens is 1. The molecule has 1 aromatic rings. The molecule has 0 aliphatic carbocycles. The fourth-order valence-electron chi connectivity index (χ4n) is 1.45. The smallest absolute Gasteiger partial charge is 0.284 e. The molecule has 0 saturated carbocycles. The van der Waals surface area contributed by atoms with Gasteiger partial charge in [-0.1, -0.05) is 0 Å². The average Bonchev–Trinajstić information content (AvgIpc) is 2.63. The molecule has 0 amide bonds. The molecule has 0 spiro atoms. The lowest BCUT2D eigenvalue weighted by Crippen LogP contribution is -2.10. The summed E-state index contributed by atoms with van der Waals surface area (Å²) in [5, 5.41) is 10.9. The summed E-state index contributed by atoms with van der Waals surface area (Å²) >= 11 is 3.13. The van der Waals surface area contributed by atoms with E-state index >= 15 is 0 Å². The second kappa shape index (κ2) is 3.53. The van der Waals surface area contributed by atoms with Crippen molar-refractivity contribution in [1.29, 1.82) is 0 Å². The fraction of sp³-hybridized carbons (Fsp3) is 0.714. The number of hydrogen-bond donors (Lipinski definition) is 1. The molecule has 0 aromatic carbocycles. The number of nitrogens with zero attached hydrogens (tertiary/aromatic N) is 2. The van der Waals surface area contributed by atoms with Crippen molar-refractivity contribution in [2.45, 2.75) is 12.8 Å². The Morgan fingerprint density at radius 3 is 3.08 bits per heavy atom. The van der Waals surface area contributed by atoms with Gasteiger partial charge in [0.15, 0.2) is 0 Å². The largest absolute Gasteiger partial charge is 0.416 e. The Morgan fingerprint density at radius 1 is 1.58 bits per heavy atom. The molecule has 1 aliphatic rings. The van der Waals surface area contributed by atoms with Crippen LogP contribution in [0.2, 0.25) is 0 Å². The van der Waals surface area contributed by atoms with Crippen LogP contribution in [0, 0.1) is 5.92 Å². The van der Waals surface area contributed by atoms with Crippen LogP contribution in [0.3, 0.4) is 0 Å². The van der Waals surface area contributed by atoms with E-state index in [0.717, 1.165) is 25.4 Å². The Labute approximate surface area is 78.9 Å². The molecular formula is C7H10BrN3O. The summed E-state index contributed by atoms with van der Waals surface area (Å²) in [5.74, 6) is 1.40. The van der Waals surface area contributed by atoms with Crippen LogP contribution in [0.1, 0.15) is 12.3 Å². The van der Waals surface area contributed by atoms with Crippen molar-refractivity contribution < 1.29 is 4.42 Å². The summed E-state index contributed by atoms with van der Waals surface area (Å²) in [5.41, 5.74) is 0. The molecule has 12 heavy (non-hydrogen) atoms. The third-order valence-corrected chi connectivity index (χ3v) is 2.39. The van der Waals surface area contributed by atoms with Gasteiger partial charge < -0.3 is 9.73 Å². The lowest BCUT2D eigenvalue weighted by atomic mass is 10.1. The first-order chi connectivity index (χ1) is 5.84. The van der Waals surface area contributed by atoms with E-state index in [-0.39, 0.29) is 0 Å². The van der Waals surface area contributed by atoms with Crippen LogP contribution in [0.4, 0.5) is 0 Å². The maximum atomic E-state index is 5.21. The van der Waals surface area contributed by atoms with Gasteiger partial charge in [0.25, 0.3) is 4.80 Å². The Hall–Kier alpha value is -0.420. The topological polar surface area (TPSA) is 51.0 Å². The molecule has 1 aliphatic heterocycles. The molecule has 2 rings (SSSR count). The molecule has 1 N–H and O–H groups in total. The number of hydrogen-bond acceptors (Lipinski definition) is 4. The Balaban J connectivity index is 1.94. The minimum Gasteiger partial charge on any atom is -0.416 e. The minimum absolute atomic E-state index is 0.475. The monoisotopic (exact) mass is 231 g/mol. The average molecular weight is 232 g/mol. The Kier molecular flexibility index (Phi) is 2.41. The number of rotatable bonds is 2. The zero-order valence-electron chi connectivity index (χ0n) is 6.59. The first kappa shape index (κ1) is 8.19. The molecule has 0 bridgehead atoms. The predicted octanol–water partition coefficient (Wildman–Crippen LogP) is 0.984. The summed E-state index contributed by atoms with van der Waals surface area (Å²) in [6.07, 6.45) is 2.10. The zero-order valence-corrected chi connectivity index (χ0v) is 8.17. The molecule has 4 nitrogen and oxygen atoms in total. The van der Waals surface area contributed by atoms with Gasteiger partial charge in [-0.05, 0) is 25.4 Å². The van der Waals surface area contributed by atoms with Crippen LogP contribution in [-0.2, 0) is 6.42 Å². The zero-order chi connectivity index (χ0) is 8.39. The van der Waals surface area contributed by atoms with Gasteiger partial charge in [-0.15, -0.1) is 10.2 Å². The van der Waals surface area contributed by atoms with Crippen molar-refractivity contribution >= 4 is 15.9 Å². The SMILES string of the molecule is Brc1nnc(CC2CCNC2)o1. The first-order valence-electron chi connectivity index (χ1n) is 4.03. The highest BCUT2D eigenvalue weighted by atomic mass is 79.9. The summed E-state index contributed by atoms with van der Waals surface area (Å²) in [6.45, 7) is 2.18. The molecule has 1 saturated heterocycles. The maximum absolute atomic E-state index is 5.21. The van der Waals surface area contributed by atoms with Gasteiger partial charge in [-0.3, -0.25) is 0 Å². The van der Waals surface area contributed by atoms with E-state index in [0.29, 0.717) is 10.7 Å². The van der Waals surface area contributed by atoms with E-state index in [1.165, 1.54) is 6.42 Å². The first-order valence-corrected chi connectivity index (χ1v) is 4.82. The quantitative estimate of drug-likeness (QED) is 0.825. The lowest BCUT2D eigenvalue weighted by molar-refractivity contribution is 0.429. The molecule has 66 valence electrons. The number of nitrogens with one attached hydrogen (secondary N) is 1. The van der Waals surface area contributed by atoms with Crippen molar-refractivity contribution in [3.8, 4) is 0 Å². The highest BCUT2D eigenvalue weighted by Crippen LogP contribution is 2.15. The second-order valence-corrected chi connectivity index (χ2v) is 3.69. The van der Waals surface area contributed by atoms with Crippen molar-refractivity contribution in [3.63, 3.8) is 0 Å². The minimum atomic E-state index is 0.475. The van der Waals surface area contributed by atoms with Crippen LogP contribution >= 0.6 is 15.9 Å². The van der Waals surface area contributed by atoms with E-state index in [4.69, 9.17) is 4.42 Å². The van der Waals surface area contributed by atoms with Crippen LogP contribution in [0.15, 0.2) is 9.22 Å². The molecule has 1 fully saturated rings. The highest BCUT2D eigenvalue weighted by Gasteiger charge is 2.17. The van der Waals surface area contributed by atoms with Gasteiger partial charge >= 0.3 is 0 Å². The van der Waals surface area contributed by atoms with Crippen LogP contribution in [-0.4, -0.2) is 23.3 Å². The normalized spacial score (nSPS) is 23.2. The molecule has 1 atom stereocenters. The molecule has 1 aromatic heterocycles.